The molecule has 19 heavy (non-hydrogen) atoms. The lowest BCUT2D eigenvalue weighted by Crippen LogP contribution is -2.49. The summed E-state index contributed by atoms with van der Waals surface area (Å²) >= 11 is 0. The van der Waals surface area contributed by atoms with Crippen molar-refractivity contribution in [3.05, 3.63) is 0 Å². The van der Waals surface area contributed by atoms with E-state index in [0.717, 1.165) is 6.42 Å². The van der Waals surface area contributed by atoms with Crippen molar-refractivity contribution in [1.29, 1.82) is 0 Å². The first-order valence-electron chi connectivity index (χ1n) is 6.99. The van der Waals surface area contributed by atoms with Crippen molar-refractivity contribution in [2.45, 2.75) is 52.1 Å². The molecule has 1 saturated heterocycles. The van der Waals surface area contributed by atoms with E-state index in [9.17, 15) is 14.7 Å². The molecule has 1 fully saturated rings. The van der Waals surface area contributed by atoms with Gasteiger partial charge in [-0.1, -0.05) is 6.92 Å². The topological polar surface area (TPSA) is 66.8 Å². The maximum Gasteiger partial charge on any atom is 0.311 e. The monoisotopic (exact) mass is 271 g/mol. The van der Waals surface area contributed by atoms with Gasteiger partial charge in [-0.05, 0) is 32.6 Å². The molecule has 2 unspecified atom stereocenters. The van der Waals surface area contributed by atoms with E-state index < -0.39 is 11.4 Å². The number of aliphatic carboxylic acids is 1. The van der Waals surface area contributed by atoms with Crippen LogP contribution in [0.2, 0.25) is 0 Å². The van der Waals surface area contributed by atoms with Gasteiger partial charge in [-0.15, -0.1) is 0 Å². The molecule has 1 amide bonds. The average Bonchev–Trinajstić information content (AvgIpc) is 2.43. The predicted octanol–water partition coefficient (Wildman–Crippen LogP) is 1.90. The number of ether oxygens (including phenoxy) is 1. The summed E-state index contributed by atoms with van der Waals surface area (Å²) in [5, 5.41) is 9.39. The Morgan fingerprint density at radius 3 is 2.68 bits per heavy atom. The van der Waals surface area contributed by atoms with Crippen LogP contribution in [0.3, 0.4) is 0 Å². The van der Waals surface area contributed by atoms with Crippen molar-refractivity contribution in [3.8, 4) is 0 Å². The molecule has 1 rings (SSSR count). The molecular weight excluding hydrogens is 246 g/mol. The molecule has 1 heterocycles. The fourth-order valence-corrected chi connectivity index (χ4v) is 2.56. The number of carboxylic acid groups (broad SMARTS) is 1. The number of carbonyl (C=O) groups is 2. The van der Waals surface area contributed by atoms with E-state index in [2.05, 4.69) is 0 Å². The Bertz CT molecular complexity index is 331. The molecule has 5 heteroatoms. The summed E-state index contributed by atoms with van der Waals surface area (Å²) in [5.41, 5.74) is -0.749. The minimum Gasteiger partial charge on any atom is -0.481 e. The van der Waals surface area contributed by atoms with Gasteiger partial charge < -0.3 is 14.7 Å². The number of nitrogens with zero attached hydrogens (tertiary/aromatic N) is 1. The molecule has 0 aromatic rings. The van der Waals surface area contributed by atoms with Crippen molar-refractivity contribution >= 4 is 11.9 Å². The van der Waals surface area contributed by atoms with Crippen LogP contribution in [0.25, 0.3) is 0 Å². The highest BCUT2D eigenvalue weighted by molar-refractivity contribution is 5.79. The van der Waals surface area contributed by atoms with Gasteiger partial charge in [0.2, 0.25) is 5.91 Å². The van der Waals surface area contributed by atoms with Gasteiger partial charge in [0.1, 0.15) is 0 Å². The van der Waals surface area contributed by atoms with Crippen LogP contribution in [0.5, 0.6) is 0 Å². The average molecular weight is 271 g/mol. The smallest absolute Gasteiger partial charge is 0.311 e. The molecular formula is C14H25NO4. The zero-order chi connectivity index (χ0) is 14.5. The molecule has 1 aliphatic heterocycles. The number of likely N-dealkylation sites (tertiary alicyclic amines) is 1. The van der Waals surface area contributed by atoms with Gasteiger partial charge in [-0.25, -0.2) is 0 Å². The second kappa shape index (κ2) is 6.89. The van der Waals surface area contributed by atoms with E-state index in [1.54, 1.807) is 12.0 Å². The molecule has 0 saturated carbocycles. The number of amides is 1. The number of hydrogen-bond donors (Lipinski definition) is 1. The van der Waals surface area contributed by atoms with Gasteiger partial charge in [0, 0.05) is 26.6 Å². The van der Waals surface area contributed by atoms with E-state index in [-0.39, 0.29) is 12.0 Å². The molecule has 0 aromatic heterocycles. The lowest BCUT2D eigenvalue weighted by Gasteiger charge is -2.39. The van der Waals surface area contributed by atoms with Gasteiger partial charge >= 0.3 is 5.97 Å². The van der Waals surface area contributed by atoms with E-state index in [1.807, 2.05) is 13.8 Å². The van der Waals surface area contributed by atoms with Crippen LogP contribution in [0.1, 0.15) is 46.0 Å². The maximum absolute atomic E-state index is 12.1. The summed E-state index contributed by atoms with van der Waals surface area (Å²) in [7, 11) is 1.63. The summed E-state index contributed by atoms with van der Waals surface area (Å²) in [6, 6.07) is 0. The van der Waals surface area contributed by atoms with Gasteiger partial charge in [0.25, 0.3) is 0 Å². The van der Waals surface area contributed by atoms with E-state index in [4.69, 9.17) is 4.74 Å². The van der Waals surface area contributed by atoms with Crippen molar-refractivity contribution in [2.75, 3.05) is 20.2 Å². The van der Waals surface area contributed by atoms with Crippen LogP contribution in [0.4, 0.5) is 0 Å². The highest BCUT2D eigenvalue weighted by atomic mass is 16.5. The molecule has 0 radical (unpaired) electrons. The number of carbonyl (C=O) groups excluding carboxylic acids is 1. The SMILES string of the molecule is CCC1(C(=O)O)CCCN(C(=O)CCC(C)OC)C1. The van der Waals surface area contributed by atoms with Crippen LogP contribution in [0.15, 0.2) is 0 Å². The molecule has 0 bridgehead atoms. The van der Waals surface area contributed by atoms with Crippen molar-refractivity contribution in [1.82, 2.24) is 4.90 Å². The zero-order valence-corrected chi connectivity index (χ0v) is 12.1. The Morgan fingerprint density at radius 2 is 2.16 bits per heavy atom. The standard InChI is InChI=1S/C14H25NO4/c1-4-14(13(17)18)8-5-9-15(10-14)12(16)7-6-11(2)19-3/h11H,4-10H2,1-3H3,(H,17,18). The first kappa shape index (κ1) is 16.0. The fourth-order valence-electron chi connectivity index (χ4n) is 2.56. The Morgan fingerprint density at radius 1 is 1.47 bits per heavy atom. The third-order valence-electron chi connectivity index (χ3n) is 4.23. The normalized spacial score (nSPS) is 25.1. The molecule has 0 aromatic carbocycles. The van der Waals surface area contributed by atoms with Crippen molar-refractivity contribution < 1.29 is 19.4 Å². The van der Waals surface area contributed by atoms with Gasteiger partial charge in [0.15, 0.2) is 0 Å². The Kier molecular flexibility index (Phi) is 5.79. The number of carboxylic acids is 1. The fraction of sp³-hybridized carbons (Fsp3) is 0.857. The highest BCUT2D eigenvalue weighted by Crippen LogP contribution is 2.34. The predicted molar refractivity (Wildman–Crippen MR) is 71.9 cm³/mol. The molecule has 2 atom stereocenters. The summed E-state index contributed by atoms with van der Waals surface area (Å²) < 4.78 is 5.12. The summed E-state index contributed by atoms with van der Waals surface area (Å²) in [6.45, 7) is 4.83. The number of methoxy groups -OCH3 is 1. The van der Waals surface area contributed by atoms with E-state index in [0.29, 0.717) is 38.8 Å². The molecule has 1 aliphatic rings. The minimum atomic E-state index is -0.780. The molecule has 0 aliphatic carbocycles. The third kappa shape index (κ3) is 3.93. The van der Waals surface area contributed by atoms with Crippen LogP contribution in [0, 0.1) is 5.41 Å². The van der Waals surface area contributed by atoms with Crippen LogP contribution in [-0.4, -0.2) is 48.2 Å². The first-order valence-corrected chi connectivity index (χ1v) is 6.99. The second-order valence-electron chi connectivity index (χ2n) is 5.44. The third-order valence-corrected chi connectivity index (χ3v) is 4.23. The Hall–Kier alpha value is -1.10. The molecule has 0 spiro atoms. The van der Waals surface area contributed by atoms with E-state index >= 15 is 0 Å². The lowest BCUT2D eigenvalue weighted by atomic mass is 9.77. The first-order chi connectivity index (χ1) is 8.95. The summed E-state index contributed by atoms with van der Waals surface area (Å²) in [4.78, 5) is 25.3. The van der Waals surface area contributed by atoms with Crippen molar-refractivity contribution in [2.24, 2.45) is 5.41 Å². The second-order valence-corrected chi connectivity index (χ2v) is 5.44. The Balaban J connectivity index is 2.59. The molecule has 5 nitrogen and oxygen atoms in total. The number of piperidine rings is 1. The largest absolute Gasteiger partial charge is 0.481 e. The minimum absolute atomic E-state index is 0.0441. The summed E-state index contributed by atoms with van der Waals surface area (Å²) in [5.74, 6) is -0.736. The van der Waals surface area contributed by atoms with Crippen LogP contribution >= 0.6 is 0 Å². The van der Waals surface area contributed by atoms with Crippen LogP contribution in [-0.2, 0) is 14.3 Å². The molecule has 1 N–H and O–H groups in total. The van der Waals surface area contributed by atoms with E-state index in [1.165, 1.54) is 0 Å². The highest BCUT2D eigenvalue weighted by Gasteiger charge is 2.41. The number of rotatable bonds is 6. The van der Waals surface area contributed by atoms with Gasteiger partial charge in [-0.2, -0.15) is 0 Å². The maximum atomic E-state index is 12.1. The Labute approximate surface area is 114 Å². The van der Waals surface area contributed by atoms with Gasteiger partial charge in [0.05, 0.1) is 11.5 Å². The number of hydrogen-bond acceptors (Lipinski definition) is 3. The van der Waals surface area contributed by atoms with Crippen molar-refractivity contribution in [3.63, 3.8) is 0 Å². The van der Waals surface area contributed by atoms with Gasteiger partial charge in [-0.3, -0.25) is 9.59 Å². The molecule has 110 valence electrons. The lowest BCUT2D eigenvalue weighted by molar-refractivity contribution is -0.155. The van der Waals surface area contributed by atoms with Crippen LogP contribution < -0.4 is 0 Å². The summed E-state index contributed by atoms with van der Waals surface area (Å²) in [6.07, 6.45) is 3.17. The zero-order valence-electron chi connectivity index (χ0n) is 12.1. The quantitative estimate of drug-likeness (QED) is 0.801.